The molecule has 0 aliphatic heterocycles. The number of esters is 1. The van der Waals surface area contributed by atoms with Crippen LogP contribution in [-0.2, 0) is 9.53 Å². The first kappa shape index (κ1) is 25.3. The smallest absolute Gasteiger partial charge is 0.343 e. The van der Waals surface area contributed by atoms with Gasteiger partial charge in [-0.15, -0.1) is 0 Å². The summed E-state index contributed by atoms with van der Waals surface area (Å²) >= 11 is 12.4. The summed E-state index contributed by atoms with van der Waals surface area (Å²) < 4.78 is 22.8. The topological polar surface area (TPSA) is 105 Å². The minimum atomic E-state index is -0.591. The number of nitrogens with zero attached hydrogens (tertiary/aromatic N) is 3. The number of benzene rings is 3. The molecular formula is C27H19Cl2N3O6. The number of aromatic nitrogens is 2. The standard InChI is InChI=1S/C27H19Cl2N3O6/c1-35-22-12-18(29)10-16(25(22)37-14-24(33)36-2)13-30-32-26(31-20-6-4-3-5-19(20)27(32)34)23-11-15-9-17(28)7-8-21(15)38-23/h3-13H,14H2,1-2H3. The van der Waals surface area contributed by atoms with Crippen LogP contribution in [0.5, 0.6) is 11.5 Å². The van der Waals surface area contributed by atoms with Crippen molar-refractivity contribution in [3.05, 3.63) is 86.6 Å². The SMILES string of the molecule is COC(=O)COc1c(C=Nn2c(-c3cc4cc(Cl)ccc4o3)nc3ccccc3c2=O)cc(Cl)cc1OC. The van der Waals surface area contributed by atoms with Gasteiger partial charge >= 0.3 is 5.97 Å². The number of rotatable bonds is 7. The minimum Gasteiger partial charge on any atom is -0.493 e. The number of ether oxygens (including phenoxy) is 3. The van der Waals surface area contributed by atoms with Gasteiger partial charge in [0.1, 0.15) is 5.58 Å². The molecule has 0 aliphatic carbocycles. The van der Waals surface area contributed by atoms with Gasteiger partial charge in [-0.3, -0.25) is 4.79 Å². The lowest BCUT2D eigenvalue weighted by atomic mass is 10.2. The van der Waals surface area contributed by atoms with Crippen molar-refractivity contribution in [1.82, 2.24) is 9.66 Å². The molecule has 5 aromatic rings. The highest BCUT2D eigenvalue weighted by Gasteiger charge is 2.18. The first-order valence-electron chi connectivity index (χ1n) is 11.2. The van der Waals surface area contributed by atoms with Crippen molar-refractivity contribution in [2.75, 3.05) is 20.8 Å². The predicted molar refractivity (Wildman–Crippen MR) is 145 cm³/mol. The number of para-hydroxylation sites is 1. The van der Waals surface area contributed by atoms with Gasteiger partial charge in [0.2, 0.25) is 5.82 Å². The summed E-state index contributed by atoms with van der Waals surface area (Å²) in [4.78, 5) is 29.9. The van der Waals surface area contributed by atoms with Gasteiger partial charge in [0.05, 0.1) is 31.3 Å². The van der Waals surface area contributed by atoms with Crippen LogP contribution in [0.4, 0.5) is 0 Å². The summed E-state index contributed by atoms with van der Waals surface area (Å²) in [6.07, 6.45) is 1.36. The summed E-state index contributed by atoms with van der Waals surface area (Å²) in [7, 11) is 2.68. The van der Waals surface area contributed by atoms with Crippen LogP contribution >= 0.6 is 23.2 Å². The average molecular weight is 552 g/mol. The largest absolute Gasteiger partial charge is 0.493 e. The van der Waals surface area contributed by atoms with Crippen LogP contribution in [0.3, 0.4) is 0 Å². The van der Waals surface area contributed by atoms with E-state index in [1.165, 1.54) is 26.5 Å². The van der Waals surface area contributed by atoms with E-state index in [4.69, 9.17) is 37.1 Å². The van der Waals surface area contributed by atoms with Gasteiger partial charge in [0.15, 0.2) is 23.9 Å². The molecule has 0 spiro atoms. The number of furan rings is 1. The van der Waals surface area contributed by atoms with Gasteiger partial charge in [-0.2, -0.15) is 9.78 Å². The number of halogens is 2. The zero-order valence-corrected chi connectivity index (χ0v) is 21.6. The Morgan fingerprint density at radius 3 is 2.68 bits per heavy atom. The third kappa shape index (κ3) is 4.93. The Morgan fingerprint density at radius 2 is 1.89 bits per heavy atom. The summed E-state index contributed by atoms with van der Waals surface area (Å²) in [6.45, 7) is -0.375. The molecule has 0 unspecified atom stereocenters. The van der Waals surface area contributed by atoms with Crippen molar-refractivity contribution in [2.24, 2.45) is 5.10 Å². The van der Waals surface area contributed by atoms with Crippen LogP contribution < -0.4 is 15.0 Å². The van der Waals surface area contributed by atoms with E-state index in [0.29, 0.717) is 37.9 Å². The lowest BCUT2D eigenvalue weighted by Gasteiger charge is -2.13. The Bertz CT molecular complexity index is 1780. The number of carbonyl (C=O) groups is 1. The second-order valence-corrected chi connectivity index (χ2v) is 8.87. The molecule has 9 nitrogen and oxygen atoms in total. The maximum Gasteiger partial charge on any atom is 0.343 e. The Balaban J connectivity index is 1.68. The van der Waals surface area contributed by atoms with E-state index in [1.54, 1.807) is 54.6 Å². The second kappa shape index (κ2) is 10.6. The van der Waals surface area contributed by atoms with E-state index in [0.717, 1.165) is 10.1 Å². The third-order valence-corrected chi connectivity index (χ3v) is 6.05. The number of fused-ring (bicyclic) bond motifs is 2. The van der Waals surface area contributed by atoms with Gasteiger partial charge in [0.25, 0.3) is 5.56 Å². The van der Waals surface area contributed by atoms with Gasteiger partial charge in [-0.1, -0.05) is 35.3 Å². The lowest BCUT2D eigenvalue weighted by Crippen LogP contribution is -2.20. The molecule has 0 saturated heterocycles. The average Bonchev–Trinajstić information content (AvgIpc) is 3.34. The van der Waals surface area contributed by atoms with Crippen LogP contribution in [0.25, 0.3) is 33.5 Å². The molecule has 2 aromatic heterocycles. The molecule has 11 heteroatoms. The van der Waals surface area contributed by atoms with Crippen molar-refractivity contribution in [3.63, 3.8) is 0 Å². The van der Waals surface area contributed by atoms with Crippen molar-refractivity contribution < 1.29 is 23.4 Å². The summed E-state index contributed by atoms with van der Waals surface area (Å²) in [5.41, 5.74) is 0.969. The van der Waals surface area contributed by atoms with E-state index in [2.05, 4.69) is 14.8 Å². The van der Waals surface area contributed by atoms with Gasteiger partial charge in [-0.05, 0) is 42.5 Å². The fourth-order valence-electron chi connectivity index (χ4n) is 3.82. The van der Waals surface area contributed by atoms with E-state index >= 15 is 0 Å². The summed E-state index contributed by atoms with van der Waals surface area (Å²) in [5, 5.41) is 6.40. The molecule has 0 atom stereocenters. The lowest BCUT2D eigenvalue weighted by molar-refractivity contribution is -0.142. The Hall–Kier alpha value is -4.34. The maximum atomic E-state index is 13.5. The van der Waals surface area contributed by atoms with Crippen molar-refractivity contribution in [1.29, 1.82) is 0 Å². The summed E-state index contributed by atoms with van der Waals surface area (Å²) in [6, 6.07) is 16.9. The molecule has 0 N–H and O–H groups in total. The molecule has 38 heavy (non-hydrogen) atoms. The zero-order chi connectivity index (χ0) is 26.8. The zero-order valence-electron chi connectivity index (χ0n) is 20.1. The number of hydrogen-bond acceptors (Lipinski definition) is 8. The second-order valence-electron chi connectivity index (χ2n) is 8.00. The number of carbonyl (C=O) groups excluding carboxylic acids is 1. The molecule has 3 aromatic carbocycles. The van der Waals surface area contributed by atoms with Gasteiger partial charge < -0.3 is 18.6 Å². The highest BCUT2D eigenvalue weighted by atomic mass is 35.5. The van der Waals surface area contributed by atoms with E-state index in [-0.39, 0.29) is 23.9 Å². The molecule has 0 radical (unpaired) electrons. The van der Waals surface area contributed by atoms with Crippen molar-refractivity contribution in [2.45, 2.75) is 0 Å². The highest BCUT2D eigenvalue weighted by Crippen LogP contribution is 2.34. The fourth-order valence-corrected chi connectivity index (χ4v) is 4.21. The number of methoxy groups -OCH3 is 2. The Morgan fingerprint density at radius 1 is 1.08 bits per heavy atom. The Kier molecular flexibility index (Phi) is 7.04. The molecule has 2 heterocycles. The first-order chi connectivity index (χ1) is 18.4. The molecule has 0 aliphatic rings. The molecule has 5 rings (SSSR count). The monoisotopic (exact) mass is 551 g/mol. The molecule has 0 bridgehead atoms. The van der Waals surface area contributed by atoms with Crippen LogP contribution in [0.2, 0.25) is 10.0 Å². The van der Waals surface area contributed by atoms with Crippen LogP contribution in [0.1, 0.15) is 5.56 Å². The molecule has 192 valence electrons. The van der Waals surface area contributed by atoms with Crippen molar-refractivity contribution in [3.8, 4) is 23.1 Å². The molecule has 0 saturated carbocycles. The third-order valence-electron chi connectivity index (χ3n) is 5.60. The normalized spacial score (nSPS) is 11.4. The first-order valence-corrected chi connectivity index (χ1v) is 12.0. The van der Waals surface area contributed by atoms with Gasteiger partial charge in [-0.25, -0.2) is 9.78 Å². The fraction of sp³-hybridized carbons (Fsp3) is 0.111. The van der Waals surface area contributed by atoms with Crippen molar-refractivity contribution >= 4 is 57.3 Å². The minimum absolute atomic E-state index is 0.170. The molecule has 0 fully saturated rings. The van der Waals surface area contributed by atoms with Crippen LogP contribution in [-0.4, -0.2) is 42.7 Å². The maximum absolute atomic E-state index is 13.5. The quantitative estimate of drug-likeness (QED) is 0.192. The van der Waals surface area contributed by atoms with Crippen LogP contribution in [0, 0.1) is 0 Å². The Labute approximate surface area is 225 Å². The van der Waals surface area contributed by atoms with E-state index in [9.17, 15) is 9.59 Å². The van der Waals surface area contributed by atoms with Gasteiger partial charge in [0, 0.05) is 27.1 Å². The highest BCUT2D eigenvalue weighted by molar-refractivity contribution is 6.31. The number of hydrogen-bond donors (Lipinski definition) is 0. The van der Waals surface area contributed by atoms with Crippen LogP contribution in [0.15, 0.2) is 75.0 Å². The van der Waals surface area contributed by atoms with E-state index < -0.39 is 11.5 Å². The molecular weight excluding hydrogens is 533 g/mol. The van der Waals surface area contributed by atoms with E-state index in [1.807, 2.05) is 0 Å². The predicted octanol–water partition coefficient (Wildman–Crippen LogP) is 5.56. The molecule has 0 amide bonds. The summed E-state index contributed by atoms with van der Waals surface area (Å²) in [5.74, 6) is 0.345.